The van der Waals surface area contributed by atoms with Crippen LogP contribution in [-0.4, -0.2) is 53.9 Å². The standard InChI is InChI=1S/C12H19N5O3S/c1-7(2)10-17(8(5-21-10)11(18)19)12(20)13-4-9-14-6-16(3)15-9/h6-8,10H,4-5H2,1-3H3,(H,13,20)(H,18,19). The van der Waals surface area contributed by atoms with Crippen LogP contribution in [0.1, 0.15) is 19.7 Å². The topological polar surface area (TPSA) is 100 Å². The Labute approximate surface area is 126 Å². The van der Waals surface area contributed by atoms with Gasteiger partial charge < -0.3 is 10.4 Å². The number of carboxylic acid groups (broad SMARTS) is 1. The first kappa shape index (κ1) is 15.6. The molecule has 1 aliphatic rings. The Kier molecular flexibility index (Phi) is 4.71. The number of urea groups is 1. The molecule has 0 radical (unpaired) electrons. The minimum Gasteiger partial charge on any atom is -0.480 e. The number of rotatable bonds is 4. The molecular weight excluding hydrogens is 294 g/mol. The van der Waals surface area contributed by atoms with Gasteiger partial charge in [-0.1, -0.05) is 13.8 Å². The number of nitrogens with one attached hydrogen (secondary N) is 1. The lowest BCUT2D eigenvalue weighted by atomic mass is 10.2. The number of hydrogen-bond acceptors (Lipinski definition) is 5. The van der Waals surface area contributed by atoms with E-state index in [-0.39, 0.29) is 17.8 Å². The zero-order valence-electron chi connectivity index (χ0n) is 12.2. The molecular formula is C12H19N5O3S. The van der Waals surface area contributed by atoms with Crippen molar-refractivity contribution in [3.05, 3.63) is 12.2 Å². The molecule has 9 heteroatoms. The fraction of sp³-hybridized carbons (Fsp3) is 0.667. The third-order valence-corrected chi connectivity index (χ3v) is 4.79. The Morgan fingerprint density at radius 3 is 2.81 bits per heavy atom. The second-order valence-electron chi connectivity index (χ2n) is 5.22. The van der Waals surface area contributed by atoms with Gasteiger partial charge in [-0.15, -0.1) is 11.8 Å². The van der Waals surface area contributed by atoms with Crippen molar-refractivity contribution >= 4 is 23.8 Å². The van der Waals surface area contributed by atoms with Crippen molar-refractivity contribution in [2.24, 2.45) is 13.0 Å². The van der Waals surface area contributed by atoms with Gasteiger partial charge in [-0.2, -0.15) is 5.10 Å². The highest BCUT2D eigenvalue weighted by Crippen LogP contribution is 2.34. The van der Waals surface area contributed by atoms with Gasteiger partial charge in [-0.3, -0.25) is 9.58 Å². The van der Waals surface area contributed by atoms with E-state index >= 15 is 0 Å². The summed E-state index contributed by atoms with van der Waals surface area (Å²) < 4.78 is 1.55. The van der Waals surface area contributed by atoms with Crippen molar-refractivity contribution in [3.63, 3.8) is 0 Å². The molecule has 116 valence electrons. The molecule has 1 saturated heterocycles. The minimum atomic E-state index is -0.975. The summed E-state index contributed by atoms with van der Waals surface area (Å²) in [6, 6.07) is -1.18. The molecule has 0 spiro atoms. The van der Waals surface area contributed by atoms with Crippen molar-refractivity contribution in [3.8, 4) is 0 Å². The number of aryl methyl sites for hydroxylation is 1. The summed E-state index contributed by atoms with van der Waals surface area (Å²) in [6.45, 7) is 4.13. The van der Waals surface area contributed by atoms with Crippen LogP contribution >= 0.6 is 11.8 Å². The van der Waals surface area contributed by atoms with Crippen LogP contribution in [0.5, 0.6) is 0 Å². The first-order valence-corrected chi connectivity index (χ1v) is 7.70. The van der Waals surface area contributed by atoms with Gasteiger partial charge in [0.1, 0.15) is 12.4 Å². The number of carboxylic acids is 1. The third-order valence-electron chi connectivity index (χ3n) is 3.17. The molecule has 2 amide bonds. The number of aromatic nitrogens is 3. The minimum absolute atomic E-state index is 0.136. The summed E-state index contributed by atoms with van der Waals surface area (Å²) in [5.74, 6) is 0.105. The molecule has 1 aromatic rings. The molecule has 2 heterocycles. The zero-order valence-corrected chi connectivity index (χ0v) is 13.0. The van der Waals surface area contributed by atoms with Crippen LogP contribution < -0.4 is 5.32 Å². The summed E-state index contributed by atoms with van der Waals surface area (Å²) in [5.41, 5.74) is 0. The molecule has 1 aliphatic heterocycles. The summed E-state index contributed by atoms with van der Waals surface area (Å²) in [5, 5.41) is 15.9. The Morgan fingerprint density at radius 1 is 1.57 bits per heavy atom. The Bertz CT molecular complexity index is 533. The third kappa shape index (κ3) is 3.46. The first-order valence-electron chi connectivity index (χ1n) is 6.65. The lowest BCUT2D eigenvalue weighted by Gasteiger charge is -2.29. The normalized spacial score (nSPS) is 21.8. The number of hydrogen-bond donors (Lipinski definition) is 2. The van der Waals surface area contributed by atoms with Crippen molar-refractivity contribution in [1.82, 2.24) is 25.0 Å². The van der Waals surface area contributed by atoms with Crippen molar-refractivity contribution < 1.29 is 14.7 Å². The number of amides is 2. The van der Waals surface area contributed by atoms with Gasteiger partial charge in [-0.05, 0) is 5.92 Å². The molecule has 1 fully saturated rings. The van der Waals surface area contributed by atoms with Gasteiger partial charge in [0.05, 0.1) is 11.9 Å². The van der Waals surface area contributed by atoms with Crippen LogP contribution in [0.25, 0.3) is 0 Å². The molecule has 21 heavy (non-hydrogen) atoms. The second-order valence-corrected chi connectivity index (χ2v) is 6.37. The average Bonchev–Trinajstić information content (AvgIpc) is 3.01. The van der Waals surface area contributed by atoms with E-state index in [1.165, 1.54) is 16.7 Å². The monoisotopic (exact) mass is 313 g/mol. The molecule has 2 N–H and O–H groups in total. The van der Waals surface area contributed by atoms with E-state index < -0.39 is 18.0 Å². The molecule has 0 saturated carbocycles. The average molecular weight is 313 g/mol. The van der Waals surface area contributed by atoms with Gasteiger partial charge >= 0.3 is 12.0 Å². The maximum atomic E-state index is 12.3. The van der Waals surface area contributed by atoms with Crippen LogP contribution in [0.2, 0.25) is 0 Å². The van der Waals surface area contributed by atoms with Gasteiger partial charge in [-0.25, -0.2) is 14.6 Å². The van der Waals surface area contributed by atoms with Crippen molar-refractivity contribution in [2.75, 3.05) is 5.75 Å². The molecule has 0 aliphatic carbocycles. The van der Waals surface area contributed by atoms with Crippen LogP contribution in [0.4, 0.5) is 4.79 Å². The highest BCUT2D eigenvalue weighted by molar-refractivity contribution is 8.00. The van der Waals surface area contributed by atoms with Crippen molar-refractivity contribution in [2.45, 2.75) is 31.8 Å². The van der Waals surface area contributed by atoms with E-state index in [1.54, 1.807) is 18.1 Å². The van der Waals surface area contributed by atoms with Gasteiger partial charge in [0.15, 0.2) is 5.82 Å². The largest absolute Gasteiger partial charge is 0.480 e. The maximum absolute atomic E-state index is 12.3. The van der Waals surface area contributed by atoms with Gasteiger partial charge in [0.2, 0.25) is 0 Å². The summed E-state index contributed by atoms with van der Waals surface area (Å²) >= 11 is 1.50. The Morgan fingerprint density at radius 2 is 2.29 bits per heavy atom. The SMILES string of the molecule is CC(C)C1SCC(C(=O)O)N1C(=O)NCc1ncn(C)n1. The fourth-order valence-corrected chi connectivity index (χ4v) is 3.67. The Hall–Kier alpha value is -1.77. The lowest BCUT2D eigenvalue weighted by molar-refractivity contribution is -0.141. The number of nitrogens with zero attached hydrogens (tertiary/aromatic N) is 4. The number of carbonyl (C=O) groups excluding carboxylic acids is 1. The quantitative estimate of drug-likeness (QED) is 0.840. The summed E-state index contributed by atoms with van der Waals surface area (Å²) in [6.07, 6.45) is 1.55. The highest BCUT2D eigenvalue weighted by atomic mass is 32.2. The lowest BCUT2D eigenvalue weighted by Crippen LogP contribution is -2.51. The summed E-state index contributed by atoms with van der Waals surface area (Å²) in [7, 11) is 1.74. The zero-order chi connectivity index (χ0) is 15.6. The van der Waals surface area contributed by atoms with Crippen LogP contribution in [0.3, 0.4) is 0 Å². The predicted molar refractivity (Wildman–Crippen MR) is 77.6 cm³/mol. The van der Waals surface area contributed by atoms with E-state index in [2.05, 4.69) is 15.4 Å². The molecule has 1 aromatic heterocycles. The molecule has 8 nitrogen and oxygen atoms in total. The van der Waals surface area contributed by atoms with Crippen LogP contribution in [-0.2, 0) is 18.4 Å². The number of carbonyl (C=O) groups is 2. The second kappa shape index (κ2) is 6.33. The Balaban J connectivity index is 2.04. The van der Waals surface area contributed by atoms with E-state index in [0.29, 0.717) is 11.6 Å². The molecule has 0 bridgehead atoms. The van der Waals surface area contributed by atoms with E-state index in [4.69, 9.17) is 0 Å². The number of thioether (sulfide) groups is 1. The molecule has 2 rings (SSSR count). The number of aliphatic carboxylic acids is 1. The van der Waals surface area contributed by atoms with Gasteiger partial charge in [0, 0.05) is 12.8 Å². The van der Waals surface area contributed by atoms with E-state index in [0.717, 1.165) is 0 Å². The maximum Gasteiger partial charge on any atom is 0.327 e. The van der Waals surface area contributed by atoms with Crippen LogP contribution in [0, 0.1) is 5.92 Å². The smallest absolute Gasteiger partial charge is 0.327 e. The summed E-state index contributed by atoms with van der Waals surface area (Å²) in [4.78, 5) is 29.1. The fourth-order valence-electron chi connectivity index (χ4n) is 2.20. The molecule has 2 unspecified atom stereocenters. The first-order chi connectivity index (χ1) is 9.90. The van der Waals surface area contributed by atoms with E-state index in [1.807, 2.05) is 13.8 Å². The predicted octanol–water partition coefficient (Wildman–Crippen LogP) is 0.509. The van der Waals surface area contributed by atoms with Gasteiger partial charge in [0.25, 0.3) is 0 Å². The molecule has 0 aromatic carbocycles. The van der Waals surface area contributed by atoms with Crippen LogP contribution in [0.15, 0.2) is 6.33 Å². The van der Waals surface area contributed by atoms with Crippen molar-refractivity contribution in [1.29, 1.82) is 0 Å². The highest BCUT2D eigenvalue weighted by Gasteiger charge is 2.42. The molecule has 2 atom stereocenters. The van der Waals surface area contributed by atoms with E-state index in [9.17, 15) is 14.7 Å².